The number of ether oxygens (including phenoxy) is 2. The van der Waals surface area contributed by atoms with Crippen molar-refractivity contribution in [1.29, 1.82) is 0 Å². The van der Waals surface area contributed by atoms with Gasteiger partial charge in [-0.3, -0.25) is 0 Å². The molecule has 0 N–H and O–H groups in total. The molecule has 0 saturated heterocycles. The van der Waals surface area contributed by atoms with Crippen molar-refractivity contribution in [3.05, 3.63) is 94.3 Å². The second-order valence-corrected chi connectivity index (χ2v) is 7.52. The zero-order chi connectivity index (χ0) is 20.0. The highest BCUT2D eigenvalue weighted by Crippen LogP contribution is 2.48. The van der Waals surface area contributed by atoms with Crippen LogP contribution < -0.4 is 9.47 Å². The summed E-state index contributed by atoms with van der Waals surface area (Å²) in [7, 11) is 1.64. The summed E-state index contributed by atoms with van der Waals surface area (Å²) >= 11 is 6.26. The third-order valence-electron chi connectivity index (χ3n) is 5.31. The maximum absolute atomic E-state index is 13.4. The van der Waals surface area contributed by atoms with Crippen LogP contribution in [-0.2, 0) is 0 Å². The van der Waals surface area contributed by atoms with E-state index in [1.807, 2.05) is 47.5 Å². The quantitative estimate of drug-likeness (QED) is 0.555. The van der Waals surface area contributed by atoms with Crippen LogP contribution >= 0.6 is 11.6 Å². The highest BCUT2D eigenvalue weighted by atomic mass is 35.5. The normalized spacial score (nSPS) is 19.8. The van der Waals surface area contributed by atoms with Gasteiger partial charge in [-0.15, -0.1) is 0 Å². The summed E-state index contributed by atoms with van der Waals surface area (Å²) in [5.74, 6) is 1.28. The van der Waals surface area contributed by atoms with Gasteiger partial charge in [0.25, 0.3) is 0 Å². The van der Waals surface area contributed by atoms with E-state index in [9.17, 15) is 4.39 Å². The lowest BCUT2D eigenvalue weighted by Gasteiger charge is -2.38. The number of methoxy groups -OCH3 is 1. The third kappa shape index (κ3) is 3.21. The van der Waals surface area contributed by atoms with E-state index in [0.29, 0.717) is 11.4 Å². The molecule has 0 radical (unpaired) electrons. The lowest BCUT2D eigenvalue weighted by Crippen LogP contribution is -2.33. The molecule has 2 heterocycles. The number of hydrogen-bond donors (Lipinski definition) is 0. The summed E-state index contributed by atoms with van der Waals surface area (Å²) in [4.78, 5) is 0. The van der Waals surface area contributed by atoms with Gasteiger partial charge in [0.05, 0.1) is 18.9 Å². The fourth-order valence-corrected chi connectivity index (χ4v) is 4.07. The molecule has 146 valence electrons. The van der Waals surface area contributed by atoms with Gasteiger partial charge in [-0.05, 0) is 48.0 Å². The topological polar surface area (TPSA) is 34.1 Å². The Kier molecular flexibility index (Phi) is 4.40. The second kappa shape index (κ2) is 7.08. The Morgan fingerprint density at radius 2 is 1.93 bits per heavy atom. The number of hydrazone groups is 1. The van der Waals surface area contributed by atoms with Crippen molar-refractivity contribution in [3.63, 3.8) is 0 Å². The molecule has 0 spiro atoms. The monoisotopic (exact) mass is 408 g/mol. The van der Waals surface area contributed by atoms with E-state index in [4.69, 9.17) is 26.2 Å². The van der Waals surface area contributed by atoms with Crippen LogP contribution in [0.15, 0.2) is 71.8 Å². The molecule has 0 aromatic heterocycles. The Balaban J connectivity index is 1.60. The second-order valence-electron chi connectivity index (χ2n) is 7.08. The minimum absolute atomic E-state index is 0.0197. The molecule has 0 saturated carbocycles. The van der Waals surface area contributed by atoms with Crippen LogP contribution in [0.2, 0.25) is 5.02 Å². The number of benzene rings is 3. The molecule has 6 heteroatoms. The summed E-state index contributed by atoms with van der Waals surface area (Å²) < 4.78 is 25.1. The molecular formula is C23H18ClFN2O2. The first-order valence-electron chi connectivity index (χ1n) is 9.34. The minimum Gasteiger partial charge on any atom is -0.497 e. The Labute approximate surface area is 173 Å². The molecule has 3 aromatic carbocycles. The van der Waals surface area contributed by atoms with Crippen LogP contribution in [0.3, 0.4) is 0 Å². The number of nitrogens with zero attached hydrogens (tertiary/aromatic N) is 2. The molecule has 0 amide bonds. The maximum atomic E-state index is 13.4. The molecule has 4 nitrogen and oxygen atoms in total. The molecule has 0 bridgehead atoms. The molecule has 2 aliphatic rings. The van der Waals surface area contributed by atoms with Crippen LogP contribution in [-0.4, -0.2) is 17.8 Å². The van der Waals surface area contributed by atoms with Crippen molar-refractivity contribution in [2.75, 3.05) is 7.11 Å². The van der Waals surface area contributed by atoms with E-state index in [2.05, 4.69) is 0 Å². The van der Waals surface area contributed by atoms with E-state index >= 15 is 0 Å². The third-order valence-corrected chi connectivity index (χ3v) is 5.54. The predicted molar refractivity (Wildman–Crippen MR) is 110 cm³/mol. The first-order chi connectivity index (χ1) is 14.1. The largest absolute Gasteiger partial charge is 0.497 e. The number of halogens is 2. The van der Waals surface area contributed by atoms with E-state index < -0.39 is 6.23 Å². The Morgan fingerprint density at radius 1 is 1.10 bits per heavy atom. The Bertz CT molecular complexity index is 1100. The fourth-order valence-electron chi connectivity index (χ4n) is 3.89. The van der Waals surface area contributed by atoms with Gasteiger partial charge < -0.3 is 9.47 Å². The van der Waals surface area contributed by atoms with Crippen molar-refractivity contribution in [2.45, 2.75) is 18.7 Å². The van der Waals surface area contributed by atoms with Gasteiger partial charge in [0.15, 0.2) is 0 Å². The van der Waals surface area contributed by atoms with E-state index in [1.54, 1.807) is 19.2 Å². The average molecular weight is 409 g/mol. The summed E-state index contributed by atoms with van der Waals surface area (Å²) in [6.07, 6.45) is 0.282. The first-order valence-corrected chi connectivity index (χ1v) is 9.72. The van der Waals surface area contributed by atoms with E-state index in [-0.39, 0.29) is 11.9 Å². The van der Waals surface area contributed by atoms with Crippen molar-refractivity contribution in [3.8, 4) is 11.5 Å². The molecule has 0 aliphatic carbocycles. The highest BCUT2D eigenvalue weighted by molar-refractivity contribution is 6.30. The summed E-state index contributed by atoms with van der Waals surface area (Å²) in [5.41, 5.74) is 3.73. The van der Waals surface area contributed by atoms with Crippen LogP contribution in [0.1, 0.15) is 35.4 Å². The SMILES string of the molecule is COc1cccc([C@@H]2Oc3ccc(Cl)cc3[C@@H]3CC(c4ccc(F)cc4)=NN32)c1. The Hall–Kier alpha value is -3.05. The van der Waals surface area contributed by atoms with Crippen molar-refractivity contribution >= 4 is 17.3 Å². The average Bonchev–Trinajstić information content (AvgIpc) is 3.19. The molecule has 0 fully saturated rings. The molecule has 5 rings (SSSR count). The van der Waals surface area contributed by atoms with Gasteiger partial charge in [0.2, 0.25) is 6.23 Å². The van der Waals surface area contributed by atoms with E-state index in [1.165, 1.54) is 12.1 Å². The lowest BCUT2D eigenvalue weighted by atomic mass is 9.96. The van der Waals surface area contributed by atoms with Gasteiger partial charge in [0.1, 0.15) is 17.3 Å². The zero-order valence-corrected chi connectivity index (χ0v) is 16.4. The number of hydrogen-bond acceptors (Lipinski definition) is 4. The summed E-state index contributed by atoms with van der Waals surface area (Å²) in [5, 5.41) is 7.49. The first kappa shape index (κ1) is 18.0. The zero-order valence-electron chi connectivity index (χ0n) is 15.7. The van der Waals surface area contributed by atoms with Crippen LogP contribution in [0.25, 0.3) is 0 Å². The predicted octanol–water partition coefficient (Wildman–Crippen LogP) is 5.73. The summed E-state index contributed by atoms with van der Waals surface area (Å²) in [6, 6.07) is 19.8. The minimum atomic E-state index is -0.401. The van der Waals surface area contributed by atoms with Gasteiger partial charge in [0, 0.05) is 22.6 Å². The number of fused-ring (bicyclic) bond motifs is 3. The Morgan fingerprint density at radius 3 is 2.72 bits per heavy atom. The van der Waals surface area contributed by atoms with Gasteiger partial charge in [-0.1, -0.05) is 35.9 Å². The smallest absolute Gasteiger partial charge is 0.214 e. The van der Waals surface area contributed by atoms with Gasteiger partial charge in [-0.25, -0.2) is 9.40 Å². The van der Waals surface area contributed by atoms with Crippen LogP contribution in [0.4, 0.5) is 4.39 Å². The number of rotatable bonds is 3. The van der Waals surface area contributed by atoms with Gasteiger partial charge >= 0.3 is 0 Å². The van der Waals surface area contributed by atoms with Gasteiger partial charge in [-0.2, -0.15) is 5.10 Å². The standard InChI is InChI=1S/C23H18ClFN2O2/c1-28-18-4-2-3-15(11-18)23-27-21(19-12-16(24)7-10-22(19)29-23)13-20(26-27)14-5-8-17(25)9-6-14/h2-12,21,23H,13H2,1H3/t21-,23-/m0/s1. The fraction of sp³-hybridized carbons (Fsp3) is 0.174. The molecule has 3 aromatic rings. The van der Waals surface area contributed by atoms with Crippen molar-refractivity contribution in [1.82, 2.24) is 5.01 Å². The van der Waals surface area contributed by atoms with Crippen LogP contribution in [0.5, 0.6) is 11.5 Å². The van der Waals surface area contributed by atoms with E-state index in [0.717, 1.165) is 33.9 Å². The molecule has 29 heavy (non-hydrogen) atoms. The maximum Gasteiger partial charge on any atom is 0.214 e. The lowest BCUT2D eigenvalue weighted by molar-refractivity contribution is -0.0191. The molecule has 2 aliphatic heterocycles. The summed E-state index contributed by atoms with van der Waals surface area (Å²) in [6.45, 7) is 0. The van der Waals surface area contributed by atoms with Crippen molar-refractivity contribution in [2.24, 2.45) is 5.10 Å². The van der Waals surface area contributed by atoms with Crippen LogP contribution in [0, 0.1) is 5.82 Å². The molecular weight excluding hydrogens is 391 g/mol. The highest BCUT2D eigenvalue weighted by Gasteiger charge is 2.41. The molecule has 2 atom stereocenters. The molecule has 0 unspecified atom stereocenters. The van der Waals surface area contributed by atoms with Crippen molar-refractivity contribution < 1.29 is 13.9 Å².